The Hall–Kier alpha value is -1.91. The highest BCUT2D eigenvalue weighted by Gasteiger charge is 2.17. The van der Waals surface area contributed by atoms with E-state index in [2.05, 4.69) is 67.8 Å². The fourth-order valence-corrected chi connectivity index (χ4v) is 7.20. The van der Waals surface area contributed by atoms with Crippen molar-refractivity contribution >= 4 is 5.91 Å². The number of hydrogen-bond donors (Lipinski definition) is 3. The minimum Gasteiger partial charge on any atom is -0.394 e. The molecule has 0 aliphatic rings. The molecule has 0 saturated heterocycles. The van der Waals surface area contributed by atoms with Gasteiger partial charge in [-0.05, 0) is 70.6 Å². The number of nitrogens with one attached hydrogen (secondary N) is 1. The Labute approximate surface area is 349 Å². The van der Waals surface area contributed by atoms with Gasteiger partial charge in [0.1, 0.15) is 0 Å². The van der Waals surface area contributed by atoms with E-state index in [1.54, 1.807) is 6.08 Å². The van der Waals surface area contributed by atoms with Crippen molar-refractivity contribution in [3.8, 4) is 0 Å². The molecule has 1 amide bonds. The number of aliphatic hydroxyl groups excluding tert-OH is 2. The third kappa shape index (κ3) is 43.2. The number of carbonyl (C=O) groups is 1. The van der Waals surface area contributed by atoms with Gasteiger partial charge in [0.05, 0.1) is 18.8 Å². The van der Waals surface area contributed by atoms with Crippen molar-refractivity contribution in [2.24, 2.45) is 0 Å². The lowest BCUT2D eigenvalue weighted by molar-refractivity contribution is -0.123. The third-order valence-electron chi connectivity index (χ3n) is 11.0. The molecule has 0 bridgehead atoms. The number of amides is 1. The minimum atomic E-state index is -0.859. The van der Waals surface area contributed by atoms with Crippen LogP contribution in [0, 0.1) is 0 Å². The van der Waals surface area contributed by atoms with E-state index in [-0.39, 0.29) is 12.5 Å². The van der Waals surface area contributed by atoms with Crippen LogP contribution in [0.1, 0.15) is 245 Å². The van der Waals surface area contributed by atoms with Gasteiger partial charge in [-0.2, -0.15) is 0 Å². The number of carbonyl (C=O) groups excluding carboxylic acids is 1. The molecule has 0 aromatic carbocycles. The Morgan fingerprint density at radius 3 is 1.20 bits per heavy atom. The first kappa shape index (κ1) is 54.1. The maximum Gasteiger partial charge on any atom is 0.220 e. The molecular formula is C52H95NO3. The molecule has 2 atom stereocenters. The van der Waals surface area contributed by atoms with Crippen molar-refractivity contribution in [1.29, 1.82) is 0 Å². The van der Waals surface area contributed by atoms with Gasteiger partial charge in [0, 0.05) is 6.42 Å². The summed E-state index contributed by atoms with van der Waals surface area (Å²) in [6, 6.07) is -0.637. The van der Waals surface area contributed by atoms with E-state index in [0.717, 1.165) is 44.9 Å². The van der Waals surface area contributed by atoms with Gasteiger partial charge in [-0.1, -0.05) is 229 Å². The zero-order chi connectivity index (χ0) is 40.7. The quantitative estimate of drug-likeness (QED) is 0.0426. The highest BCUT2D eigenvalue weighted by Crippen LogP contribution is 2.16. The van der Waals surface area contributed by atoms with Crippen LogP contribution in [0.25, 0.3) is 0 Å². The van der Waals surface area contributed by atoms with Crippen molar-refractivity contribution in [3.63, 3.8) is 0 Å². The molecule has 0 aromatic rings. The Morgan fingerprint density at radius 1 is 0.429 bits per heavy atom. The number of rotatable bonds is 44. The monoisotopic (exact) mass is 782 g/mol. The maximum atomic E-state index is 12.3. The van der Waals surface area contributed by atoms with E-state index < -0.39 is 12.1 Å². The van der Waals surface area contributed by atoms with Crippen molar-refractivity contribution in [2.75, 3.05) is 6.61 Å². The van der Waals surface area contributed by atoms with Crippen molar-refractivity contribution in [2.45, 2.75) is 257 Å². The first-order chi connectivity index (χ1) is 27.7. The van der Waals surface area contributed by atoms with E-state index in [1.807, 2.05) is 6.08 Å². The lowest BCUT2D eigenvalue weighted by Crippen LogP contribution is -2.45. The summed E-state index contributed by atoms with van der Waals surface area (Å²) in [6.45, 7) is 4.23. The normalized spacial score (nSPS) is 13.4. The zero-order valence-corrected chi connectivity index (χ0v) is 37.4. The molecule has 2 unspecified atom stereocenters. The summed E-state index contributed by atoms with van der Waals surface area (Å²) in [6.07, 6.45) is 66.6. The van der Waals surface area contributed by atoms with E-state index in [1.165, 1.54) is 180 Å². The number of allylic oxidation sites excluding steroid dienone is 9. The first-order valence-electron chi connectivity index (χ1n) is 24.5. The first-order valence-corrected chi connectivity index (χ1v) is 24.5. The van der Waals surface area contributed by atoms with Gasteiger partial charge in [0.15, 0.2) is 0 Å². The van der Waals surface area contributed by atoms with Gasteiger partial charge in [-0.15, -0.1) is 0 Å². The smallest absolute Gasteiger partial charge is 0.220 e. The summed E-state index contributed by atoms with van der Waals surface area (Å²) in [7, 11) is 0. The fraction of sp³-hybridized carbons (Fsp3) is 0.788. The molecule has 326 valence electrons. The Morgan fingerprint density at radius 2 is 0.750 bits per heavy atom. The topological polar surface area (TPSA) is 69.6 Å². The number of aliphatic hydroxyl groups is 2. The number of unbranched alkanes of at least 4 members (excludes halogenated alkanes) is 29. The van der Waals surface area contributed by atoms with Crippen molar-refractivity contribution in [1.82, 2.24) is 5.32 Å². The average Bonchev–Trinajstić information content (AvgIpc) is 3.20. The molecule has 0 aromatic heterocycles. The second kappa shape index (κ2) is 47.5. The largest absolute Gasteiger partial charge is 0.394 e. The lowest BCUT2D eigenvalue weighted by atomic mass is 10.0. The molecule has 0 aliphatic heterocycles. The molecule has 0 fully saturated rings. The van der Waals surface area contributed by atoms with E-state index in [4.69, 9.17) is 0 Å². The van der Waals surface area contributed by atoms with Crippen LogP contribution in [0.4, 0.5) is 0 Å². The van der Waals surface area contributed by atoms with Crippen LogP contribution in [0.2, 0.25) is 0 Å². The third-order valence-corrected chi connectivity index (χ3v) is 11.0. The summed E-state index contributed by atoms with van der Waals surface area (Å²) in [5.74, 6) is -0.0758. The van der Waals surface area contributed by atoms with Crippen molar-refractivity contribution in [3.05, 3.63) is 60.8 Å². The standard InChI is InChI=1S/C52H95NO3/c1-3-5-7-9-11-13-14-15-16-17-18-19-20-21-22-23-24-25-26-27-28-29-30-31-32-33-34-35-36-37-38-40-42-44-46-48-52(56)53-50(49-54)51(55)47-45-43-41-39-12-10-8-6-4-2/h12,14-15,17-18,20-21,39,45,47,50-51,54-55H,3-11,13,16,19,22-38,40-44,46,48-49H2,1-2H3,(H,53,56)/b15-14-,18-17-,21-20-,39-12+,47-45+. The van der Waals surface area contributed by atoms with Crippen LogP contribution in [0.15, 0.2) is 60.8 Å². The Bertz CT molecular complexity index is 934. The summed E-state index contributed by atoms with van der Waals surface area (Å²) in [4.78, 5) is 12.3. The molecule has 4 nitrogen and oxygen atoms in total. The Balaban J connectivity index is 3.42. The molecule has 0 radical (unpaired) electrons. The molecule has 0 saturated carbocycles. The molecule has 4 heteroatoms. The SMILES string of the molecule is CCCCC/C=C/CC/C=C/C(O)C(CO)NC(=O)CCCCCCCCCCCCCCCCCCCCCC/C=C\C/C=C\C/C=C\CCCCCCC. The predicted octanol–water partition coefficient (Wildman–Crippen LogP) is 15.7. The molecular weight excluding hydrogens is 687 g/mol. The van der Waals surface area contributed by atoms with Gasteiger partial charge in [0.2, 0.25) is 5.91 Å². The van der Waals surface area contributed by atoms with Gasteiger partial charge < -0.3 is 15.5 Å². The number of hydrogen-bond acceptors (Lipinski definition) is 3. The van der Waals surface area contributed by atoms with E-state index in [0.29, 0.717) is 6.42 Å². The second-order valence-electron chi connectivity index (χ2n) is 16.5. The second-order valence-corrected chi connectivity index (χ2v) is 16.5. The average molecular weight is 782 g/mol. The minimum absolute atomic E-state index is 0.0758. The van der Waals surface area contributed by atoms with E-state index in [9.17, 15) is 15.0 Å². The summed E-state index contributed by atoms with van der Waals surface area (Å²) in [5, 5.41) is 22.9. The summed E-state index contributed by atoms with van der Waals surface area (Å²) >= 11 is 0. The van der Waals surface area contributed by atoms with Crippen LogP contribution in [-0.4, -0.2) is 34.9 Å². The summed E-state index contributed by atoms with van der Waals surface area (Å²) < 4.78 is 0. The van der Waals surface area contributed by atoms with Gasteiger partial charge in [0.25, 0.3) is 0 Å². The van der Waals surface area contributed by atoms with Crippen LogP contribution in [0.3, 0.4) is 0 Å². The molecule has 0 aliphatic carbocycles. The predicted molar refractivity (Wildman–Crippen MR) is 248 cm³/mol. The Kier molecular flexibility index (Phi) is 45.8. The van der Waals surface area contributed by atoms with Crippen molar-refractivity contribution < 1.29 is 15.0 Å². The van der Waals surface area contributed by atoms with Crippen LogP contribution >= 0.6 is 0 Å². The van der Waals surface area contributed by atoms with Gasteiger partial charge in [-0.3, -0.25) is 4.79 Å². The fourth-order valence-electron chi connectivity index (χ4n) is 7.20. The van der Waals surface area contributed by atoms with Crippen LogP contribution in [0.5, 0.6) is 0 Å². The van der Waals surface area contributed by atoms with Gasteiger partial charge >= 0.3 is 0 Å². The van der Waals surface area contributed by atoms with E-state index >= 15 is 0 Å². The molecule has 56 heavy (non-hydrogen) atoms. The zero-order valence-electron chi connectivity index (χ0n) is 37.4. The van der Waals surface area contributed by atoms with Crippen LogP contribution in [-0.2, 0) is 4.79 Å². The molecule has 0 rings (SSSR count). The molecule has 0 spiro atoms. The lowest BCUT2D eigenvalue weighted by Gasteiger charge is -2.19. The van der Waals surface area contributed by atoms with Crippen LogP contribution < -0.4 is 5.32 Å². The molecule has 0 heterocycles. The summed E-state index contributed by atoms with van der Waals surface area (Å²) in [5.41, 5.74) is 0. The van der Waals surface area contributed by atoms with Gasteiger partial charge in [-0.25, -0.2) is 0 Å². The molecule has 3 N–H and O–H groups in total. The maximum absolute atomic E-state index is 12.3. The highest BCUT2D eigenvalue weighted by atomic mass is 16.3. The highest BCUT2D eigenvalue weighted by molar-refractivity contribution is 5.76.